The van der Waals surface area contributed by atoms with E-state index in [9.17, 15) is 8.42 Å². The maximum atomic E-state index is 10.5. The fraction of sp³-hybridized carbons (Fsp3) is 0.250. The molecule has 0 aromatic heterocycles. The summed E-state index contributed by atoms with van der Waals surface area (Å²) < 4.78 is 30.0. The molecule has 0 atom stereocenters. The molecular weight excluding hydrogens is 204 g/mol. The third-order valence-electron chi connectivity index (χ3n) is 1.76. The van der Waals surface area contributed by atoms with E-state index in [-0.39, 0.29) is 6.54 Å². The number of rotatable bonds is 4. The van der Waals surface area contributed by atoms with Crippen LogP contribution in [0, 0.1) is 0 Å². The summed E-state index contributed by atoms with van der Waals surface area (Å²) in [6.07, 6.45) is 0.469. The molecule has 14 heavy (non-hydrogen) atoms. The van der Waals surface area contributed by atoms with Crippen LogP contribution in [0.4, 0.5) is 0 Å². The van der Waals surface area contributed by atoms with Crippen molar-refractivity contribution in [3.8, 4) is 0 Å². The van der Waals surface area contributed by atoms with Crippen molar-refractivity contribution in [3.05, 3.63) is 35.9 Å². The van der Waals surface area contributed by atoms with Gasteiger partial charge in [-0.3, -0.25) is 10.4 Å². The Kier molecular flexibility index (Phi) is 3.59. The standard InChI is InChI=1S/C8H12N2O3S/c9-10(14(11,12)13)7-6-8-4-2-1-3-5-8/h1-5H,6-7,9H2,(H,11,12,13). The molecule has 1 aromatic carbocycles. The molecule has 6 heteroatoms. The smallest absolute Gasteiger partial charge is 0.272 e. The van der Waals surface area contributed by atoms with E-state index in [1.54, 1.807) is 0 Å². The minimum atomic E-state index is -4.26. The van der Waals surface area contributed by atoms with Gasteiger partial charge in [0.25, 0.3) is 0 Å². The van der Waals surface area contributed by atoms with Crippen LogP contribution in [0.15, 0.2) is 30.3 Å². The van der Waals surface area contributed by atoms with Crippen molar-refractivity contribution in [2.75, 3.05) is 6.54 Å². The van der Waals surface area contributed by atoms with Crippen molar-refractivity contribution in [1.82, 2.24) is 4.41 Å². The summed E-state index contributed by atoms with van der Waals surface area (Å²) in [6.45, 7) is 0.0584. The SMILES string of the molecule is NN(CCc1ccccc1)S(=O)(=O)O. The van der Waals surface area contributed by atoms with Gasteiger partial charge in [-0.1, -0.05) is 30.3 Å². The second-order valence-corrected chi connectivity index (χ2v) is 4.19. The summed E-state index contributed by atoms with van der Waals surface area (Å²) in [5.41, 5.74) is 0.964. The predicted molar refractivity (Wildman–Crippen MR) is 52.6 cm³/mol. The molecule has 0 amide bonds. The number of hydrogen-bond acceptors (Lipinski definition) is 3. The van der Waals surface area contributed by atoms with Gasteiger partial charge in [-0.2, -0.15) is 8.42 Å². The summed E-state index contributed by atoms with van der Waals surface area (Å²) in [5.74, 6) is 5.09. The predicted octanol–water partition coefficient (Wildman–Crippen LogP) is 0.208. The van der Waals surface area contributed by atoms with Crippen molar-refractivity contribution in [2.45, 2.75) is 6.42 Å². The summed E-state index contributed by atoms with van der Waals surface area (Å²) in [4.78, 5) is 0. The summed E-state index contributed by atoms with van der Waals surface area (Å²) in [5, 5.41) is 0. The number of hydrazine groups is 1. The van der Waals surface area contributed by atoms with Gasteiger partial charge in [-0.15, -0.1) is 4.41 Å². The molecule has 0 aliphatic carbocycles. The molecule has 78 valence electrons. The topological polar surface area (TPSA) is 83.6 Å². The number of hydrogen-bond donors (Lipinski definition) is 2. The highest BCUT2D eigenvalue weighted by Gasteiger charge is 2.12. The molecule has 1 rings (SSSR count). The number of nitrogens with two attached hydrogens (primary N) is 1. The molecule has 0 bridgehead atoms. The lowest BCUT2D eigenvalue weighted by atomic mass is 10.2. The molecule has 0 aliphatic rings. The van der Waals surface area contributed by atoms with Crippen molar-refractivity contribution >= 4 is 10.3 Å². The summed E-state index contributed by atoms with van der Waals surface area (Å²) in [6, 6.07) is 9.29. The second kappa shape index (κ2) is 4.52. The highest BCUT2D eigenvalue weighted by molar-refractivity contribution is 7.83. The van der Waals surface area contributed by atoms with Crippen LogP contribution in [0.5, 0.6) is 0 Å². The van der Waals surface area contributed by atoms with Crippen LogP contribution >= 0.6 is 0 Å². The zero-order valence-corrected chi connectivity index (χ0v) is 8.31. The fourth-order valence-corrected chi connectivity index (χ4v) is 1.32. The van der Waals surface area contributed by atoms with Crippen LogP contribution in [0.3, 0.4) is 0 Å². The van der Waals surface area contributed by atoms with E-state index in [0.29, 0.717) is 10.8 Å². The lowest BCUT2D eigenvalue weighted by Gasteiger charge is -2.11. The Morgan fingerprint density at radius 1 is 1.29 bits per heavy atom. The van der Waals surface area contributed by atoms with E-state index < -0.39 is 10.3 Å². The first-order valence-corrected chi connectivity index (χ1v) is 5.43. The average Bonchev–Trinajstić information content (AvgIpc) is 2.14. The Morgan fingerprint density at radius 3 is 2.36 bits per heavy atom. The minimum absolute atomic E-state index is 0.0584. The van der Waals surface area contributed by atoms with E-state index >= 15 is 0 Å². The van der Waals surface area contributed by atoms with Crippen molar-refractivity contribution in [1.29, 1.82) is 0 Å². The van der Waals surface area contributed by atoms with Gasteiger partial charge in [0, 0.05) is 6.54 Å². The highest BCUT2D eigenvalue weighted by Crippen LogP contribution is 2.00. The Morgan fingerprint density at radius 2 is 1.86 bits per heavy atom. The Labute approximate surface area is 83.0 Å². The van der Waals surface area contributed by atoms with Crippen LogP contribution in [0.1, 0.15) is 5.56 Å². The first kappa shape index (κ1) is 11.1. The van der Waals surface area contributed by atoms with Crippen LogP contribution in [0.2, 0.25) is 0 Å². The van der Waals surface area contributed by atoms with E-state index in [0.717, 1.165) is 5.56 Å². The molecule has 5 nitrogen and oxygen atoms in total. The van der Waals surface area contributed by atoms with Gasteiger partial charge in [-0.25, -0.2) is 0 Å². The molecule has 0 saturated carbocycles. The van der Waals surface area contributed by atoms with Crippen LogP contribution in [-0.4, -0.2) is 23.9 Å². The first-order chi connectivity index (χ1) is 6.50. The zero-order valence-electron chi connectivity index (χ0n) is 7.50. The van der Waals surface area contributed by atoms with E-state index in [2.05, 4.69) is 0 Å². The largest absolute Gasteiger partial charge is 0.348 e. The molecule has 1 aromatic rings. The lowest BCUT2D eigenvalue weighted by Crippen LogP contribution is -2.38. The molecule has 0 aliphatic heterocycles. The van der Waals surface area contributed by atoms with E-state index in [4.69, 9.17) is 10.4 Å². The van der Waals surface area contributed by atoms with Crippen LogP contribution in [0.25, 0.3) is 0 Å². The van der Waals surface area contributed by atoms with Gasteiger partial charge < -0.3 is 0 Å². The van der Waals surface area contributed by atoms with E-state index in [1.165, 1.54) is 0 Å². The quantitative estimate of drug-likeness (QED) is 0.428. The van der Waals surface area contributed by atoms with Crippen molar-refractivity contribution in [3.63, 3.8) is 0 Å². The molecular formula is C8H12N2O3S. The molecule has 0 saturated heterocycles. The molecule has 0 unspecified atom stereocenters. The Hall–Kier alpha value is -0.950. The molecule has 0 spiro atoms. The average molecular weight is 216 g/mol. The van der Waals surface area contributed by atoms with Gasteiger partial charge >= 0.3 is 10.3 Å². The van der Waals surface area contributed by atoms with Gasteiger partial charge in [-0.05, 0) is 12.0 Å². The highest BCUT2D eigenvalue weighted by atomic mass is 32.2. The van der Waals surface area contributed by atoms with Crippen molar-refractivity contribution in [2.24, 2.45) is 5.84 Å². The third-order valence-corrected chi connectivity index (χ3v) is 2.54. The normalized spacial score (nSPS) is 11.9. The number of benzene rings is 1. The monoisotopic (exact) mass is 216 g/mol. The molecule has 3 N–H and O–H groups in total. The van der Waals surface area contributed by atoms with Crippen molar-refractivity contribution < 1.29 is 13.0 Å². The van der Waals surface area contributed by atoms with Gasteiger partial charge in [0.05, 0.1) is 0 Å². The molecule has 0 heterocycles. The Balaban J connectivity index is 2.50. The zero-order chi connectivity index (χ0) is 10.6. The molecule has 0 fully saturated rings. The minimum Gasteiger partial charge on any atom is -0.272 e. The fourth-order valence-electron chi connectivity index (χ4n) is 0.999. The summed E-state index contributed by atoms with van der Waals surface area (Å²) in [7, 11) is -4.26. The van der Waals surface area contributed by atoms with Crippen LogP contribution in [-0.2, 0) is 16.7 Å². The van der Waals surface area contributed by atoms with E-state index in [1.807, 2.05) is 30.3 Å². The summed E-state index contributed by atoms with van der Waals surface area (Å²) >= 11 is 0. The lowest BCUT2D eigenvalue weighted by molar-refractivity contribution is 0.361. The maximum absolute atomic E-state index is 10.5. The van der Waals surface area contributed by atoms with Gasteiger partial charge in [0.1, 0.15) is 0 Å². The maximum Gasteiger partial charge on any atom is 0.348 e. The van der Waals surface area contributed by atoms with Gasteiger partial charge in [0.15, 0.2) is 0 Å². The second-order valence-electron chi connectivity index (χ2n) is 2.82. The Bertz CT molecular complexity index is 377. The molecule has 0 radical (unpaired) electrons. The first-order valence-electron chi connectivity index (χ1n) is 4.04. The van der Waals surface area contributed by atoms with Gasteiger partial charge in [0.2, 0.25) is 0 Å². The number of nitrogens with zero attached hydrogens (tertiary/aromatic N) is 1. The van der Waals surface area contributed by atoms with Crippen LogP contribution < -0.4 is 5.84 Å². The third kappa shape index (κ3) is 3.43.